The van der Waals surface area contributed by atoms with E-state index in [-0.39, 0.29) is 5.91 Å². The van der Waals surface area contributed by atoms with Gasteiger partial charge in [-0.1, -0.05) is 17.7 Å². The van der Waals surface area contributed by atoms with Gasteiger partial charge in [0.25, 0.3) is 5.91 Å². The summed E-state index contributed by atoms with van der Waals surface area (Å²) in [5.74, 6) is 0.710. The monoisotopic (exact) mass is 358 g/mol. The first-order valence-electron chi connectivity index (χ1n) is 8.50. The Morgan fingerprint density at radius 2 is 1.92 bits per heavy atom. The van der Waals surface area contributed by atoms with Crippen molar-refractivity contribution in [3.8, 4) is 0 Å². The molecule has 0 spiro atoms. The molecule has 0 saturated carbocycles. The maximum absolute atomic E-state index is 12.1. The molecule has 134 valence electrons. The smallest absolute Gasteiger partial charge is 0.251 e. The molecule has 0 fully saturated rings. The molecule has 0 aliphatic carbocycles. The lowest BCUT2D eigenvalue weighted by Gasteiger charge is -2.12. The van der Waals surface area contributed by atoms with Gasteiger partial charge in [-0.15, -0.1) is 11.3 Å². The number of benzene rings is 1. The van der Waals surface area contributed by atoms with E-state index in [0.717, 1.165) is 18.1 Å². The van der Waals surface area contributed by atoms with Crippen LogP contribution >= 0.6 is 11.3 Å². The van der Waals surface area contributed by atoms with Crippen molar-refractivity contribution in [2.24, 2.45) is 4.99 Å². The van der Waals surface area contributed by atoms with Gasteiger partial charge >= 0.3 is 0 Å². The van der Waals surface area contributed by atoms with Crippen LogP contribution in [0.2, 0.25) is 0 Å². The van der Waals surface area contributed by atoms with Crippen LogP contribution in [0.25, 0.3) is 0 Å². The molecule has 1 amide bonds. The number of nitrogens with zero attached hydrogens (tertiary/aromatic N) is 1. The second-order valence-corrected chi connectivity index (χ2v) is 6.77. The molecular formula is C19H26N4OS. The summed E-state index contributed by atoms with van der Waals surface area (Å²) in [7, 11) is 0. The van der Waals surface area contributed by atoms with Crippen LogP contribution in [0, 0.1) is 13.8 Å². The number of aliphatic imine (C=N–C) groups is 1. The number of nitrogens with one attached hydrogen (secondary N) is 3. The van der Waals surface area contributed by atoms with Crippen LogP contribution in [-0.2, 0) is 6.54 Å². The van der Waals surface area contributed by atoms with Crippen molar-refractivity contribution in [3.05, 3.63) is 57.3 Å². The first kappa shape index (κ1) is 19.0. The predicted molar refractivity (Wildman–Crippen MR) is 105 cm³/mol. The van der Waals surface area contributed by atoms with Gasteiger partial charge in [0.15, 0.2) is 5.96 Å². The molecule has 6 heteroatoms. The van der Waals surface area contributed by atoms with Crippen LogP contribution in [0.3, 0.4) is 0 Å². The maximum Gasteiger partial charge on any atom is 0.251 e. The number of amides is 1. The van der Waals surface area contributed by atoms with E-state index >= 15 is 0 Å². The zero-order valence-corrected chi connectivity index (χ0v) is 15.9. The molecule has 0 aliphatic rings. The lowest BCUT2D eigenvalue weighted by Crippen LogP contribution is -2.41. The van der Waals surface area contributed by atoms with Crippen molar-refractivity contribution in [2.75, 3.05) is 19.6 Å². The second kappa shape index (κ2) is 9.84. The van der Waals surface area contributed by atoms with Gasteiger partial charge in [0, 0.05) is 30.1 Å². The SMILES string of the molecule is CCNC(=NCc1sccc1C)NCCNC(=O)c1cccc(C)c1. The Hall–Kier alpha value is -2.34. The first-order chi connectivity index (χ1) is 12.1. The molecule has 0 aliphatic heterocycles. The number of aryl methyl sites for hydroxylation is 2. The van der Waals surface area contributed by atoms with E-state index in [2.05, 4.69) is 39.3 Å². The van der Waals surface area contributed by atoms with Gasteiger partial charge in [-0.3, -0.25) is 4.79 Å². The highest BCUT2D eigenvalue weighted by atomic mass is 32.1. The third-order valence-corrected chi connectivity index (χ3v) is 4.68. The number of hydrogen-bond acceptors (Lipinski definition) is 3. The Bertz CT molecular complexity index is 724. The fourth-order valence-electron chi connectivity index (χ4n) is 2.30. The molecular weight excluding hydrogens is 332 g/mol. The molecule has 2 rings (SSSR count). The van der Waals surface area contributed by atoms with E-state index < -0.39 is 0 Å². The van der Waals surface area contributed by atoms with Gasteiger partial charge < -0.3 is 16.0 Å². The minimum atomic E-state index is -0.0540. The summed E-state index contributed by atoms with van der Waals surface area (Å²) in [6.07, 6.45) is 0. The van der Waals surface area contributed by atoms with Crippen molar-refractivity contribution in [1.29, 1.82) is 0 Å². The highest BCUT2D eigenvalue weighted by molar-refractivity contribution is 7.10. The molecule has 1 aromatic carbocycles. The zero-order valence-electron chi connectivity index (χ0n) is 15.1. The third kappa shape index (κ3) is 6.23. The Morgan fingerprint density at radius 3 is 2.60 bits per heavy atom. The van der Waals surface area contributed by atoms with E-state index in [1.807, 2.05) is 38.1 Å². The third-order valence-electron chi connectivity index (χ3n) is 3.68. The van der Waals surface area contributed by atoms with Crippen LogP contribution in [0.1, 0.15) is 33.3 Å². The van der Waals surface area contributed by atoms with E-state index in [0.29, 0.717) is 25.2 Å². The molecule has 25 heavy (non-hydrogen) atoms. The van der Waals surface area contributed by atoms with Gasteiger partial charge in [0.2, 0.25) is 0 Å². The molecule has 3 N–H and O–H groups in total. The van der Waals surface area contributed by atoms with Crippen LogP contribution in [0.4, 0.5) is 0 Å². The quantitative estimate of drug-likeness (QED) is 0.405. The van der Waals surface area contributed by atoms with Crippen molar-refractivity contribution >= 4 is 23.2 Å². The molecule has 5 nitrogen and oxygen atoms in total. The number of rotatable bonds is 7. The maximum atomic E-state index is 12.1. The minimum Gasteiger partial charge on any atom is -0.357 e. The van der Waals surface area contributed by atoms with Gasteiger partial charge in [0.05, 0.1) is 6.54 Å². The number of carbonyl (C=O) groups is 1. The number of guanidine groups is 1. The average Bonchev–Trinajstić information content (AvgIpc) is 3.01. The van der Waals surface area contributed by atoms with Crippen LogP contribution < -0.4 is 16.0 Å². The summed E-state index contributed by atoms with van der Waals surface area (Å²) < 4.78 is 0. The summed E-state index contributed by atoms with van der Waals surface area (Å²) in [6.45, 7) is 8.73. The lowest BCUT2D eigenvalue weighted by atomic mass is 10.1. The van der Waals surface area contributed by atoms with Crippen molar-refractivity contribution in [1.82, 2.24) is 16.0 Å². The van der Waals surface area contributed by atoms with Crippen molar-refractivity contribution in [3.63, 3.8) is 0 Å². The van der Waals surface area contributed by atoms with E-state index in [9.17, 15) is 4.79 Å². The highest BCUT2D eigenvalue weighted by Crippen LogP contribution is 2.16. The number of hydrogen-bond donors (Lipinski definition) is 3. The largest absolute Gasteiger partial charge is 0.357 e. The zero-order chi connectivity index (χ0) is 18.1. The predicted octanol–water partition coefficient (Wildman–Crippen LogP) is 2.85. The summed E-state index contributed by atoms with van der Waals surface area (Å²) in [5, 5.41) is 11.5. The van der Waals surface area contributed by atoms with Crippen LogP contribution in [0.5, 0.6) is 0 Å². The van der Waals surface area contributed by atoms with E-state index in [4.69, 9.17) is 0 Å². The normalized spacial score (nSPS) is 11.2. The topological polar surface area (TPSA) is 65.5 Å². The molecule has 0 unspecified atom stereocenters. The highest BCUT2D eigenvalue weighted by Gasteiger charge is 2.05. The number of thiophene rings is 1. The van der Waals surface area contributed by atoms with Crippen molar-refractivity contribution < 1.29 is 4.79 Å². The summed E-state index contributed by atoms with van der Waals surface area (Å²) in [6, 6.07) is 9.69. The summed E-state index contributed by atoms with van der Waals surface area (Å²) in [4.78, 5) is 18.0. The molecule has 0 bridgehead atoms. The molecule has 1 heterocycles. The summed E-state index contributed by atoms with van der Waals surface area (Å²) in [5.41, 5.74) is 3.04. The lowest BCUT2D eigenvalue weighted by molar-refractivity contribution is 0.0954. The Balaban J connectivity index is 1.79. The van der Waals surface area contributed by atoms with Gasteiger partial charge in [-0.2, -0.15) is 0 Å². The first-order valence-corrected chi connectivity index (χ1v) is 9.38. The Morgan fingerprint density at radius 1 is 1.12 bits per heavy atom. The van der Waals surface area contributed by atoms with Gasteiger partial charge in [-0.05, 0) is 49.9 Å². The molecule has 0 radical (unpaired) electrons. The van der Waals surface area contributed by atoms with E-state index in [1.165, 1.54) is 10.4 Å². The molecule has 0 saturated heterocycles. The van der Waals surface area contributed by atoms with Gasteiger partial charge in [0.1, 0.15) is 0 Å². The Labute approximate surface area is 153 Å². The molecule has 0 atom stereocenters. The summed E-state index contributed by atoms with van der Waals surface area (Å²) >= 11 is 1.72. The van der Waals surface area contributed by atoms with E-state index in [1.54, 1.807) is 11.3 Å². The molecule has 2 aromatic rings. The van der Waals surface area contributed by atoms with Crippen molar-refractivity contribution in [2.45, 2.75) is 27.3 Å². The standard InChI is InChI=1S/C19H26N4OS/c1-4-20-19(23-13-17-15(3)8-11-25-17)22-10-9-21-18(24)16-7-5-6-14(2)12-16/h5-8,11-12H,4,9-10,13H2,1-3H3,(H,21,24)(H2,20,22,23). The minimum absolute atomic E-state index is 0.0540. The fraction of sp³-hybridized carbons (Fsp3) is 0.368. The molecule has 1 aromatic heterocycles. The Kier molecular flexibility index (Phi) is 7.47. The fourth-order valence-corrected chi connectivity index (χ4v) is 3.13. The number of carbonyl (C=O) groups excluding carboxylic acids is 1. The second-order valence-electron chi connectivity index (χ2n) is 5.77. The van der Waals surface area contributed by atoms with Crippen LogP contribution in [0.15, 0.2) is 40.7 Å². The average molecular weight is 359 g/mol. The van der Waals surface area contributed by atoms with Gasteiger partial charge in [-0.25, -0.2) is 4.99 Å². The van der Waals surface area contributed by atoms with Crippen LogP contribution in [-0.4, -0.2) is 31.5 Å².